The van der Waals surface area contributed by atoms with E-state index in [1.54, 1.807) is 6.20 Å². The number of fused-ring (bicyclic) bond motifs is 1. The quantitative estimate of drug-likeness (QED) is 0.909. The van der Waals surface area contributed by atoms with Crippen LogP contribution in [0.5, 0.6) is 0 Å². The molecule has 0 radical (unpaired) electrons. The second-order valence-electron chi connectivity index (χ2n) is 7.00. The topological polar surface area (TPSA) is 77.2 Å². The Labute approximate surface area is 137 Å². The van der Waals surface area contributed by atoms with Crippen LogP contribution in [-0.2, 0) is 10.2 Å². The number of alkyl carbamates (subject to hydrolysis) is 1. The average Bonchev–Trinajstić information content (AvgIpc) is 2.50. The van der Waals surface area contributed by atoms with Gasteiger partial charge in [-0.05, 0) is 38.5 Å². The van der Waals surface area contributed by atoms with Gasteiger partial charge in [0.2, 0.25) is 0 Å². The fourth-order valence-corrected chi connectivity index (χ4v) is 2.48. The number of ether oxygens (including phenoxy) is 1. The van der Waals surface area contributed by atoms with Gasteiger partial charge in [-0.15, -0.1) is 0 Å². The molecule has 3 N–H and O–H groups in total. The number of carbonyl (C=O) groups is 1. The summed E-state index contributed by atoms with van der Waals surface area (Å²) in [6.07, 6.45) is 1.34. The first kappa shape index (κ1) is 17.2. The molecule has 0 bridgehead atoms. The highest BCUT2D eigenvalue weighted by molar-refractivity contribution is 5.83. The Morgan fingerprint density at radius 1 is 1.22 bits per heavy atom. The second kappa shape index (κ2) is 6.54. The van der Waals surface area contributed by atoms with Crippen molar-refractivity contribution in [3.05, 3.63) is 42.1 Å². The third-order valence-corrected chi connectivity index (χ3v) is 3.77. The lowest BCUT2D eigenvalue weighted by Gasteiger charge is -2.30. The Morgan fingerprint density at radius 3 is 2.57 bits per heavy atom. The van der Waals surface area contributed by atoms with Crippen molar-refractivity contribution in [3.8, 4) is 0 Å². The highest BCUT2D eigenvalue weighted by atomic mass is 16.6. The summed E-state index contributed by atoms with van der Waals surface area (Å²) in [6, 6.07) is 9.89. The highest BCUT2D eigenvalue weighted by Crippen LogP contribution is 2.28. The van der Waals surface area contributed by atoms with E-state index in [0.29, 0.717) is 13.1 Å². The molecule has 1 unspecified atom stereocenters. The largest absolute Gasteiger partial charge is 0.444 e. The smallest absolute Gasteiger partial charge is 0.407 e. The zero-order valence-electron chi connectivity index (χ0n) is 14.2. The zero-order valence-corrected chi connectivity index (χ0v) is 14.2. The van der Waals surface area contributed by atoms with E-state index >= 15 is 0 Å². The van der Waals surface area contributed by atoms with Gasteiger partial charge in [0, 0.05) is 30.1 Å². The van der Waals surface area contributed by atoms with E-state index in [9.17, 15) is 4.79 Å². The molecule has 1 heterocycles. The summed E-state index contributed by atoms with van der Waals surface area (Å²) in [7, 11) is 0. The van der Waals surface area contributed by atoms with Crippen molar-refractivity contribution in [1.29, 1.82) is 0 Å². The van der Waals surface area contributed by atoms with E-state index in [1.807, 2.05) is 58.0 Å². The lowest BCUT2D eigenvalue weighted by Crippen LogP contribution is -2.45. The molecule has 2 aromatic rings. The van der Waals surface area contributed by atoms with Gasteiger partial charge in [-0.25, -0.2) is 4.79 Å². The number of hydrogen-bond donors (Lipinski definition) is 2. The molecule has 0 aliphatic rings. The number of nitrogens with one attached hydrogen (secondary N) is 1. The van der Waals surface area contributed by atoms with Gasteiger partial charge in [0.25, 0.3) is 0 Å². The van der Waals surface area contributed by atoms with Gasteiger partial charge in [0.15, 0.2) is 0 Å². The monoisotopic (exact) mass is 315 g/mol. The third-order valence-electron chi connectivity index (χ3n) is 3.77. The number of hydrogen-bond acceptors (Lipinski definition) is 4. The summed E-state index contributed by atoms with van der Waals surface area (Å²) in [5, 5.41) is 3.88. The Morgan fingerprint density at radius 2 is 1.91 bits per heavy atom. The standard InChI is InChI=1S/C18H25N3O2/c1-17(2,3)23-16(22)21-12-18(4,11-19)14-9-10-20-15-8-6-5-7-13(14)15/h5-10H,11-12,19H2,1-4H3,(H,21,22). The zero-order chi connectivity index (χ0) is 17.1. The lowest BCUT2D eigenvalue weighted by atomic mass is 9.80. The van der Waals surface area contributed by atoms with Gasteiger partial charge in [-0.2, -0.15) is 0 Å². The number of nitrogens with zero attached hydrogens (tertiary/aromatic N) is 1. The van der Waals surface area contributed by atoms with Crippen LogP contribution < -0.4 is 11.1 Å². The van der Waals surface area contributed by atoms with E-state index in [4.69, 9.17) is 10.5 Å². The fraction of sp³-hybridized carbons (Fsp3) is 0.444. The molecule has 124 valence electrons. The van der Waals surface area contributed by atoms with Crippen LogP contribution in [0.1, 0.15) is 33.3 Å². The van der Waals surface area contributed by atoms with Gasteiger partial charge in [0.05, 0.1) is 5.52 Å². The molecule has 0 aliphatic heterocycles. The van der Waals surface area contributed by atoms with Crippen molar-refractivity contribution in [1.82, 2.24) is 10.3 Å². The van der Waals surface area contributed by atoms with Gasteiger partial charge in [-0.1, -0.05) is 25.1 Å². The van der Waals surface area contributed by atoms with E-state index in [1.165, 1.54) is 0 Å². The van der Waals surface area contributed by atoms with Crippen molar-refractivity contribution in [3.63, 3.8) is 0 Å². The first-order chi connectivity index (χ1) is 10.7. The minimum absolute atomic E-state index is 0.395. The van der Waals surface area contributed by atoms with E-state index in [-0.39, 0.29) is 0 Å². The normalized spacial score (nSPS) is 14.3. The highest BCUT2D eigenvalue weighted by Gasteiger charge is 2.28. The van der Waals surface area contributed by atoms with Crippen LogP contribution in [0.25, 0.3) is 10.9 Å². The second-order valence-corrected chi connectivity index (χ2v) is 7.00. The Balaban J connectivity index is 2.24. The van der Waals surface area contributed by atoms with Gasteiger partial charge in [-0.3, -0.25) is 4.98 Å². The van der Waals surface area contributed by atoms with Crippen molar-refractivity contribution < 1.29 is 9.53 Å². The predicted molar refractivity (Wildman–Crippen MR) is 92.4 cm³/mol. The number of benzene rings is 1. The van der Waals surface area contributed by atoms with Crippen molar-refractivity contribution in [2.24, 2.45) is 5.73 Å². The maximum atomic E-state index is 11.9. The molecular formula is C18H25N3O2. The van der Waals surface area contributed by atoms with Crippen LogP contribution in [0.4, 0.5) is 4.79 Å². The van der Waals surface area contributed by atoms with E-state index < -0.39 is 17.1 Å². The summed E-state index contributed by atoms with van der Waals surface area (Å²) in [6.45, 7) is 8.34. The van der Waals surface area contributed by atoms with Gasteiger partial charge in [0.1, 0.15) is 5.60 Å². The maximum absolute atomic E-state index is 11.9. The first-order valence-electron chi connectivity index (χ1n) is 7.76. The number of nitrogens with two attached hydrogens (primary N) is 1. The number of rotatable bonds is 4. The van der Waals surface area contributed by atoms with Crippen LogP contribution in [0.2, 0.25) is 0 Å². The van der Waals surface area contributed by atoms with Crippen LogP contribution in [-0.4, -0.2) is 29.8 Å². The summed E-state index contributed by atoms with van der Waals surface area (Å²) in [5.74, 6) is 0. The van der Waals surface area contributed by atoms with E-state index in [0.717, 1.165) is 16.5 Å². The number of aromatic nitrogens is 1. The molecule has 1 atom stereocenters. The summed E-state index contributed by atoms with van der Waals surface area (Å²) in [4.78, 5) is 16.3. The fourth-order valence-electron chi connectivity index (χ4n) is 2.48. The molecule has 5 heteroatoms. The molecule has 5 nitrogen and oxygen atoms in total. The summed E-state index contributed by atoms with van der Waals surface area (Å²) < 4.78 is 5.30. The predicted octanol–water partition coefficient (Wildman–Crippen LogP) is 2.98. The lowest BCUT2D eigenvalue weighted by molar-refractivity contribution is 0.0516. The average molecular weight is 315 g/mol. The molecule has 1 aromatic heterocycles. The van der Waals surface area contributed by atoms with Crippen molar-refractivity contribution in [2.45, 2.75) is 38.7 Å². The van der Waals surface area contributed by atoms with Gasteiger partial charge < -0.3 is 15.8 Å². The first-order valence-corrected chi connectivity index (χ1v) is 7.76. The van der Waals surface area contributed by atoms with Crippen LogP contribution in [0, 0.1) is 0 Å². The maximum Gasteiger partial charge on any atom is 0.407 e. The van der Waals surface area contributed by atoms with Crippen LogP contribution in [0.3, 0.4) is 0 Å². The molecular weight excluding hydrogens is 290 g/mol. The van der Waals surface area contributed by atoms with Crippen LogP contribution >= 0.6 is 0 Å². The molecule has 0 fully saturated rings. The van der Waals surface area contributed by atoms with Crippen molar-refractivity contribution >= 4 is 17.0 Å². The van der Waals surface area contributed by atoms with Gasteiger partial charge >= 0.3 is 6.09 Å². The minimum atomic E-state index is -0.521. The summed E-state index contributed by atoms with van der Waals surface area (Å²) in [5.41, 5.74) is 7.10. The molecule has 0 spiro atoms. The van der Waals surface area contributed by atoms with Crippen LogP contribution in [0.15, 0.2) is 36.5 Å². The Hall–Kier alpha value is -2.14. The molecule has 0 saturated carbocycles. The number of pyridine rings is 1. The number of para-hydroxylation sites is 1. The molecule has 1 amide bonds. The van der Waals surface area contributed by atoms with E-state index in [2.05, 4.69) is 10.3 Å². The molecule has 23 heavy (non-hydrogen) atoms. The summed E-state index contributed by atoms with van der Waals surface area (Å²) >= 11 is 0. The molecule has 1 aromatic carbocycles. The molecule has 0 aliphatic carbocycles. The number of carbonyl (C=O) groups excluding carboxylic acids is 1. The Kier molecular flexibility index (Phi) is 4.90. The SMILES string of the molecule is CC(C)(C)OC(=O)NCC(C)(CN)c1ccnc2ccccc12. The molecule has 0 saturated heterocycles. The Bertz CT molecular complexity index is 689. The molecule has 2 rings (SSSR count). The minimum Gasteiger partial charge on any atom is -0.444 e. The number of amides is 1. The third kappa shape index (κ3) is 4.20. The van der Waals surface area contributed by atoms with Crippen molar-refractivity contribution in [2.75, 3.05) is 13.1 Å².